The number of benzene rings is 1. The van der Waals surface area contributed by atoms with Crippen molar-refractivity contribution in [2.45, 2.75) is 39.0 Å². The molecule has 4 heteroatoms. The maximum Gasteiger partial charge on any atom is 0.0597 e. The fourth-order valence-corrected chi connectivity index (χ4v) is 2.46. The van der Waals surface area contributed by atoms with Gasteiger partial charge >= 0.3 is 0 Å². The lowest BCUT2D eigenvalue weighted by Gasteiger charge is -2.32. The molecular weight excluding hydrogens is 260 g/mol. The number of nitrogens with zero attached hydrogens (tertiary/aromatic N) is 1. The zero-order chi connectivity index (χ0) is 14.4. The summed E-state index contributed by atoms with van der Waals surface area (Å²) in [4.78, 5) is 2.20. The summed E-state index contributed by atoms with van der Waals surface area (Å²) in [5.74, 6) is 0. The first kappa shape index (κ1) is 16.4. The molecule has 0 fully saturated rings. The SMILES string of the molecule is CC(C)OCCN(C)C(c1ccccc1Cl)C(C)N. The second-order valence-electron chi connectivity index (χ2n) is 5.23. The molecule has 0 aliphatic heterocycles. The molecule has 1 rings (SSSR count). The summed E-state index contributed by atoms with van der Waals surface area (Å²) in [6.45, 7) is 7.61. The Balaban J connectivity index is 2.75. The van der Waals surface area contributed by atoms with E-state index in [9.17, 15) is 0 Å². The molecule has 19 heavy (non-hydrogen) atoms. The highest BCUT2D eigenvalue weighted by atomic mass is 35.5. The molecule has 0 bridgehead atoms. The summed E-state index contributed by atoms with van der Waals surface area (Å²) in [6, 6.07) is 7.98. The first-order valence-electron chi connectivity index (χ1n) is 6.75. The minimum absolute atomic E-state index is 0.00366. The highest BCUT2D eigenvalue weighted by Gasteiger charge is 2.22. The van der Waals surface area contributed by atoms with E-state index in [0.29, 0.717) is 6.61 Å². The molecule has 0 saturated carbocycles. The second kappa shape index (κ2) is 7.85. The summed E-state index contributed by atoms with van der Waals surface area (Å²) >= 11 is 6.28. The smallest absolute Gasteiger partial charge is 0.0597 e. The van der Waals surface area contributed by atoms with Gasteiger partial charge < -0.3 is 10.5 Å². The highest BCUT2D eigenvalue weighted by molar-refractivity contribution is 6.31. The molecule has 1 aromatic carbocycles. The third-order valence-electron chi connectivity index (χ3n) is 3.09. The van der Waals surface area contributed by atoms with Crippen molar-refractivity contribution >= 4 is 11.6 Å². The van der Waals surface area contributed by atoms with Crippen molar-refractivity contribution in [2.75, 3.05) is 20.2 Å². The molecule has 1 aromatic rings. The Bertz CT molecular complexity index is 382. The summed E-state index contributed by atoms with van der Waals surface area (Å²) in [7, 11) is 2.06. The van der Waals surface area contributed by atoms with Gasteiger partial charge in [-0.2, -0.15) is 0 Å². The van der Waals surface area contributed by atoms with Crippen molar-refractivity contribution in [2.24, 2.45) is 5.73 Å². The molecule has 0 aliphatic rings. The molecule has 0 spiro atoms. The van der Waals surface area contributed by atoms with Gasteiger partial charge in [-0.25, -0.2) is 0 Å². The van der Waals surface area contributed by atoms with Gasteiger partial charge in [0, 0.05) is 17.6 Å². The van der Waals surface area contributed by atoms with E-state index >= 15 is 0 Å². The van der Waals surface area contributed by atoms with Crippen LogP contribution in [0.25, 0.3) is 0 Å². The number of likely N-dealkylation sites (N-methyl/N-ethyl adjacent to an activating group) is 1. The monoisotopic (exact) mass is 284 g/mol. The van der Waals surface area contributed by atoms with Gasteiger partial charge in [-0.1, -0.05) is 29.8 Å². The van der Waals surface area contributed by atoms with E-state index in [0.717, 1.165) is 17.1 Å². The van der Waals surface area contributed by atoms with Crippen molar-refractivity contribution in [3.8, 4) is 0 Å². The topological polar surface area (TPSA) is 38.5 Å². The van der Waals surface area contributed by atoms with E-state index in [4.69, 9.17) is 22.1 Å². The average molecular weight is 285 g/mol. The van der Waals surface area contributed by atoms with E-state index in [1.165, 1.54) is 0 Å². The quantitative estimate of drug-likeness (QED) is 0.836. The van der Waals surface area contributed by atoms with Crippen LogP contribution in [0.1, 0.15) is 32.4 Å². The van der Waals surface area contributed by atoms with Crippen LogP contribution in [0.3, 0.4) is 0 Å². The first-order chi connectivity index (χ1) is 8.93. The van der Waals surface area contributed by atoms with E-state index < -0.39 is 0 Å². The van der Waals surface area contributed by atoms with Crippen LogP contribution in [-0.2, 0) is 4.74 Å². The Hall–Kier alpha value is -0.610. The number of hydrogen-bond donors (Lipinski definition) is 1. The normalized spacial score (nSPS) is 14.9. The summed E-state index contributed by atoms with van der Waals surface area (Å²) in [5, 5.41) is 0.765. The number of rotatable bonds is 7. The summed E-state index contributed by atoms with van der Waals surface area (Å²) in [5.41, 5.74) is 7.20. The van der Waals surface area contributed by atoms with Gasteiger partial charge in [0.2, 0.25) is 0 Å². The molecule has 2 atom stereocenters. The number of hydrogen-bond acceptors (Lipinski definition) is 3. The van der Waals surface area contributed by atoms with Crippen molar-refractivity contribution in [1.29, 1.82) is 0 Å². The lowest BCUT2D eigenvalue weighted by molar-refractivity contribution is 0.0535. The lowest BCUT2D eigenvalue weighted by Crippen LogP contribution is -2.39. The van der Waals surface area contributed by atoms with Gasteiger partial charge in [-0.05, 0) is 39.4 Å². The standard InChI is InChI=1S/C15H25ClN2O/c1-11(2)19-10-9-18(4)15(12(3)17)13-7-5-6-8-14(13)16/h5-8,11-12,15H,9-10,17H2,1-4H3. The van der Waals surface area contributed by atoms with Crippen LogP contribution in [0.2, 0.25) is 5.02 Å². The second-order valence-corrected chi connectivity index (χ2v) is 5.63. The van der Waals surface area contributed by atoms with Crippen molar-refractivity contribution < 1.29 is 4.74 Å². The highest BCUT2D eigenvalue weighted by Crippen LogP contribution is 2.28. The summed E-state index contributed by atoms with van der Waals surface area (Å²) in [6.07, 6.45) is 0.252. The van der Waals surface area contributed by atoms with Crippen molar-refractivity contribution in [3.05, 3.63) is 34.9 Å². The Morgan fingerprint density at radius 3 is 2.42 bits per heavy atom. The molecule has 2 unspecified atom stereocenters. The van der Waals surface area contributed by atoms with Gasteiger partial charge in [-0.3, -0.25) is 4.90 Å². The van der Waals surface area contributed by atoms with E-state index in [-0.39, 0.29) is 18.2 Å². The predicted molar refractivity (Wildman–Crippen MR) is 81.6 cm³/mol. The zero-order valence-corrected chi connectivity index (χ0v) is 13.0. The maximum atomic E-state index is 6.28. The predicted octanol–water partition coefficient (Wildman–Crippen LogP) is 3.09. The third-order valence-corrected chi connectivity index (χ3v) is 3.44. The van der Waals surface area contributed by atoms with E-state index in [1.54, 1.807) is 0 Å². The van der Waals surface area contributed by atoms with Crippen molar-refractivity contribution in [1.82, 2.24) is 4.90 Å². The van der Waals surface area contributed by atoms with Crippen molar-refractivity contribution in [3.63, 3.8) is 0 Å². The molecule has 0 heterocycles. The van der Waals surface area contributed by atoms with Crippen LogP contribution in [0, 0.1) is 0 Å². The number of halogens is 1. The van der Waals surface area contributed by atoms with Crippen LogP contribution >= 0.6 is 11.6 Å². The van der Waals surface area contributed by atoms with Crippen LogP contribution in [0.4, 0.5) is 0 Å². The maximum absolute atomic E-state index is 6.28. The van der Waals surface area contributed by atoms with Gasteiger partial charge in [0.25, 0.3) is 0 Å². The minimum Gasteiger partial charge on any atom is -0.377 e. The Kier molecular flexibility index (Phi) is 6.80. The Labute approximate surface area is 121 Å². The minimum atomic E-state index is 0.00366. The molecule has 0 saturated heterocycles. The number of nitrogens with two attached hydrogens (primary N) is 1. The molecule has 2 N–H and O–H groups in total. The van der Waals surface area contributed by atoms with Gasteiger partial charge in [0.05, 0.1) is 18.8 Å². The summed E-state index contributed by atoms with van der Waals surface area (Å²) < 4.78 is 5.59. The van der Waals surface area contributed by atoms with Gasteiger partial charge in [0.1, 0.15) is 0 Å². The third kappa shape index (κ3) is 5.11. The molecule has 108 valence electrons. The van der Waals surface area contributed by atoms with Crippen LogP contribution in [0.15, 0.2) is 24.3 Å². The largest absolute Gasteiger partial charge is 0.377 e. The molecular formula is C15H25ClN2O. The average Bonchev–Trinajstić information content (AvgIpc) is 2.31. The fourth-order valence-electron chi connectivity index (χ4n) is 2.21. The van der Waals surface area contributed by atoms with Crippen LogP contribution in [0.5, 0.6) is 0 Å². The molecule has 0 aromatic heterocycles. The Morgan fingerprint density at radius 1 is 1.26 bits per heavy atom. The molecule has 0 aliphatic carbocycles. The number of ether oxygens (including phenoxy) is 1. The molecule has 0 amide bonds. The van der Waals surface area contributed by atoms with E-state index in [1.807, 2.05) is 45.0 Å². The van der Waals surface area contributed by atoms with Gasteiger partial charge in [-0.15, -0.1) is 0 Å². The molecule has 0 radical (unpaired) electrons. The van der Waals surface area contributed by atoms with E-state index in [2.05, 4.69) is 11.9 Å². The molecule has 3 nitrogen and oxygen atoms in total. The van der Waals surface area contributed by atoms with Crippen LogP contribution in [-0.4, -0.2) is 37.2 Å². The Morgan fingerprint density at radius 2 is 1.89 bits per heavy atom. The lowest BCUT2D eigenvalue weighted by atomic mass is 9.99. The first-order valence-corrected chi connectivity index (χ1v) is 7.13. The zero-order valence-electron chi connectivity index (χ0n) is 12.3. The fraction of sp³-hybridized carbons (Fsp3) is 0.600. The van der Waals surface area contributed by atoms with Gasteiger partial charge in [0.15, 0.2) is 0 Å². The van der Waals surface area contributed by atoms with Crippen LogP contribution < -0.4 is 5.73 Å².